The number of nitriles is 1. The van der Waals surface area contributed by atoms with Crippen LogP contribution in [0.25, 0.3) is 0 Å². The van der Waals surface area contributed by atoms with Gasteiger partial charge < -0.3 is 0 Å². The van der Waals surface area contributed by atoms with Crippen molar-refractivity contribution in [3.05, 3.63) is 23.5 Å². The van der Waals surface area contributed by atoms with Crippen molar-refractivity contribution in [1.82, 2.24) is 4.98 Å². The Kier molecular flexibility index (Phi) is 2.97. The SMILES string of the molecule is N#Cc1nccc(S(N)(=O)=O)c1C(F)F. The van der Waals surface area contributed by atoms with Gasteiger partial charge in [0.2, 0.25) is 10.0 Å². The lowest BCUT2D eigenvalue weighted by molar-refractivity contribution is 0.147. The molecule has 0 fully saturated rings. The molecule has 0 radical (unpaired) electrons. The second kappa shape index (κ2) is 3.88. The highest BCUT2D eigenvalue weighted by Crippen LogP contribution is 2.27. The fraction of sp³-hybridized carbons (Fsp3) is 0.143. The van der Waals surface area contributed by atoms with E-state index >= 15 is 0 Å². The van der Waals surface area contributed by atoms with Gasteiger partial charge in [0, 0.05) is 6.20 Å². The monoisotopic (exact) mass is 233 g/mol. The Morgan fingerprint density at radius 1 is 1.53 bits per heavy atom. The van der Waals surface area contributed by atoms with Crippen LogP contribution in [0.4, 0.5) is 8.78 Å². The van der Waals surface area contributed by atoms with Gasteiger partial charge in [-0.25, -0.2) is 27.3 Å². The minimum atomic E-state index is -4.28. The first kappa shape index (κ1) is 11.5. The predicted octanol–water partition coefficient (Wildman–Crippen LogP) is 0.538. The van der Waals surface area contributed by atoms with Gasteiger partial charge in [0.05, 0.1) is 10.5 Å². The molecule has 1 aromatic rings. The Hall–Kier alpha value is -1.59. The molecule has 80 valence electrons. The molecule has 2 N–H and O–H groups in total. The molecule has 0 unspecified atom stereocenters. The van der Waals surface area contributed by atoms with E-state index in [0.717, 1.165) is 12.3 Å². The summed E-state index contributed by atoms with van der Waals surface area (Å²) < 4.78 is 46.9. The summed E-state index contributed by atoms with van der Waals surface area (Å²) >= 11 is 0. The number of alkyl halides is 2. The van der Waals surface area contributed by atoms with Crippen molar-refractivity contribution in [2.45, 2.75) is 11.3 Å². The quantitative estimate of drug-likeness (QED) is 0.805. The summed E-state index contributed by atoms with van der Waals surface area (Å²) in [4.78, 5) is 2.56. The van der Waals surface area contributed by atoms with Crippen molar-refractivity contribution < 1.29 is 17.2 Å². The molecule has 0 aliphatic rings. The third-order valence-electron chi connectivity index (χ3n) is 1.58. The molecule has 0 atom stereocenters. The molecule has 0 aromatic carbocycles. The van der Waals surface area contributed by atoms with Crippen molar-refractivity contribution in [2.75, 3.05) is 0 Å². The topological polar surface area (TPSA) is 96.8 Å². The number of aromatic nitrogens is 1. The molecule has 0 bridgehead atoms. The maximum absolute atomic E-state index is 12.5. The van der Waals surface area contributed by atoms with Crippen LogP contribution < -0.4 is 5.14 Å². The summed E-state index contributed by atoms with van der Waals surface area (Å²) in [5.74, 6) is 0. The highest BCUT2D eigenvalue weighted by atomic mass is 32.2. The number of primary sulfonamides is 1. The summed E-state index contributed by atoms with van der Waals surface area (Å²) in [5.41, 5.74) is -1.60. The number of sulfonamides is 1. The number of pyridine rings is 1. The molecule has 15 heavy (non-hydrogen) atoms. The van der Waals surface area contributed by atoms with Crippen molar-refractivity contribution in [3.63, 3.8) is 0 Å². The van der Waals surface area contributed by atoms with Crippen molar-refractivity contribution in [3.8, 4) is 6.07 Å². The molecule has 1 aromatic heterocycles. The average Bonchev–Trinajstić information content (AvgIpc) is 2.15. The van der Waals surface area contributed by atoms with Crippen molar-refractivity contribution in [2.24, 2.45) is 5.14 Å². The molecule has 0 saturated heterocycles. The van der Waals surface area contributed by atoms with Gasteiger partial charge in [-0.1, -0.05) is 0 Å². The molecule has 0 spiro atoms. The van der Waals surface area contributed by atoms with Gasteiger partial charge in [-0.05, 0) is 6.07 Å². The fourth-order valence-electron chi connectivity index (χ4n) is 1.00. The van der Waals surface area contributed by atoms with E-state index in [1.807, 2.05) is 0 Å². The highest BCUT2D eigenvalue weighted by molar-refractivity contribution is 7.89. The molecular formula is C7H5F2N3O2S. The molecule has 8 heteroatoms. The Bertz CT molecular complexity index is 522. The first-order valence-corrected chi connectivity index (χ1v) is 5.12. The normalized spacial score (nSPS) is 11.4. The van der Waals surface area contributed by atoms with Gasteiger partial charge in [0.1, 0.15) is 6.07 Å². The number of hydrogen-bond donors (Lipinski definition) is 1. The summed E-state index contributed by atoms with van der Waals surface area (Å²) in [5, 5.41) is 13.2. The lowest BCUT2D eigenvalue weighted by Gasteiger charge is -2.06. The fourth-order valence-corrected chi connectivity index (χ4v) is 1.75. The lowest BCUT2D eigenvalue weighted by Crippen LogP contribution is -2.16. The highest BCUT2D eigenvalue weighted by Gasteiger charge is 2.24. The summed E-state index contributed by atoms with van der Waals surface area (Å²) in [6.07, 6.45) is -2.19. The Morgan fingerprint density at radius 2 is 2.13 bits per heavy atom. The molecule has 0 saturated carbocycles. The zero-order valence-corrected chi connectivity index (χ0v) is 8.00. The largest absolute Gasteiger partial charge is 0.267 e. The molecule has 0 amide bonds. The second-order valence-corrected chi connectivity index (χ2v) is 4.06. The number of rotatable bonds is 2. The van der Waals surface area contributed by atoms with Crippen molar-refractivity contribution >= 4 is 10.0 Å². The smallest absolute Gasteiger partial charge is 0.245 e. The van der Waals surface area contributed by atoms with E-state index in [1.54, 1.807) is 0 Å². The minimum Gasteiger partial charge on any atom is -0.245 e. The molecule has 1 rings (SSSR count). The Morgan fingerprint density at radius 3 is 2.53 bits per heavy atom. The van der Waals surface area contributed by atoms with E-state index in [1.165, 1.54) is 6.07 Å². The third kappa shape index (κ3) is 2.26. The summed E-state index contributed by atoms with van der Waals surface area (Å²) in [6.45, 7) is 0. The van der Waals surface area contributed by atoms with Crippen LogP contribution >= 0.6 is 0 Å². The zero-order valence-electron chi connectivity index (χ0n) is 7.18. The van der Waals surface area contributed by atoms with Crippen LogP contribution in [0.1, 0.15) is 17.7 Å². The average molecular weight is 233 g/mol. The predicted molar refractivity (Wildman–Crippen MR) is 45.3 cm³/mol. The van der Waals surface area contributed by atoms with E-state index in [0.29, 0.717) is 0 Å². The third-order valence-corrected chi connectivity index (χ3v) is 2.55. The van der Waals surface area contributed by atoms with E-state index in [-0.39, 0.29) is 0 Å². The van der Waals surface area contributed by atoms with Crippen LogP contribution in [-0.2, 0) is 10.0 Å². The van der Waals surface area contributed by atoms with Gasteiger partial charge in [-0.2, -0.15) is 5.26 Å². The maximum Gasteiger partial charge on any atom is 0.267 e. The van der Waals surface area contributed by atoms with Gasteiger partial charge in [-0.15, -0.1) is 0 Å². The standard InChI is InChI=1S/C7H5F2N3O2S/c8-7(9)6-4(3-10)12-2-1-5(6)15(11,13)14/h1-2,7H,(H2,11,13,14). The number of nitrogens with two attached hydrogens (primary N) is 1. The first-order valence-electron chi connectivity index (χ1n) is 3.58. The van der Waals surface area contributed by atoms with E-state index in [2.05, 4.69) is 4.98 Å². The van der Waals surface area contributed by atoms with Gasteiger partial charge >= 0.3 is 0 Å². The van der Waals surface area contributed by atoms with Crippen LogP contribution in [0.15, 0.2) is 17.2 Å². The van der Waals surface area contributed by atoms with Crippen LogP contribution in [0, 0.1) is 11.3 Å². The Labute approximate surface area is 84.2 Å². The first-order chi connectivity index (χ1) is 6.88. The minimum absolute atomic E-state index is 0.642. The van der Waals surface area contributed by atoms with Crippen LogP contribution in [-0.4, -0.2) is 13.4 Å². The number of halogens is 2. The van der Waals surface area contributed by atoms with E-state index in [9.17, 15) is 17.2 Å². The number of nitrogens with zero attached hydrogens (tertiary/aromatic N) is 2. The van der Waals surface area contributed by atoms with Gasteiger partial charge in [0.25, 0.3) is 6.43 Å². The maximum atomic E-state index is 12.5. The van der Waals surface area contributed by atoms with Crippen LogP contribution in [0.2, 0.25) is 0 Å². The lowest BCUT2D eigenvalue weighted by atomic mass is 10.2. The molecular weight excluding hydrogens is 228 g/mol. The molecule has 0 aliphatic heterocycles. The molecule has 1 heterocycles. The molecule has 0 aliphatic carbocycles. The van der Waals surface area contributed by atoms with Crippen LogP contribution in [0.5, 0.6) is 0 Å². The molecule has 5 nitrogen and oxygen atoms in total. The second-order valence-electron chi connectivity index (χ2n) is 2.53. The van der Waals surface area contributed by atoms with Crippen LogP contribution in [0.3, 0.4) is 0 Å². The number of hydrogen-bond acceptors (Lipinski definition) is 4. The van der Waals surface area contributed by atoms with E-state index < -0.39 is 32.6 Å². The summed E-state index contributed by atoms with van der Waals surface area (Å²) in [7, 11) is -4.28. The Balaban J connectivity index is 3.62. The van der Waals surface area contributed by atoms with Crippen molar-refractivity contribution in [1.29, 1.82) is 5.26 Å². The van der Waals surface area contributed by atoms with Gasteiger partial charge in [-0.3, -0.25) is 0 Å². The summed E-state index contributed by atoms with van der Waals surface area (Å²) in [6, 6.07) is 2.21. The zero-order chi connectivity index (χ0) is 11.6. The van der Waals surface area contributed by atoms with Gasteiger partial charge in [0.15, 0.2) is 5.69 Å². The van der Waals surface area contributed by atoms with E-state index in [4.69, 9.17) is 10.4 Å².